The number of nitrogens with one attached hydrogen (secondary N) is 2. The molecule has 1 saturated carbocycles. The van der Waals surface area contributed by atoms with Gasteiger partial charge in [0.25, 0.3) is 0 Å². The fraction of sp³-hybridized carbons (Fsp3) is 0.344. The number of alkyl carbamates (subject to hydrolysis) is 1. The first kappa shape index (κ1) is 27.4. The van der Waals surface area contributed by atoms with E-state index in [0.29, 0.717) is 18.9 Å². The predicted molar refractivity (Wildman–Crippen MR) is 152 cm³/mol. The van der Waals surface area contributed by atoms with Gasteiger partial charge in [0.05, 0.1) is 0 Å². The number of rotatable bonds is 12. The Kier molecular flexibility index (Phi) is 8.45. The third kappa shape index (κ3) is 6.69. The lowest BCUT2D eigenvalue weighted by Gasteiger charge is -2.26. The van der Waals surface area contributed by atoms with E-state index in [1.54, 1.807) is 0 Å². The second-order valence-electron chi connectivity index (χ2n) is 10.8. The van der Waals surface area contributed by atoms with Crippen molar-refractivity contribution in [3.63, 3.8) is 0 Å². The first-order valence-corrected chi connectivity index (χ1v) is 13.8. The molecular weight excluding hydrogens is 506 g/mol. The van der Waals surface area contributed by atoms with Gasteiger partial charge in [0, 0.05) is 19.0 Å². The molecule has 2 aliphatic rings. The summed E-state index contributed by atoms with van der Waals surface area (Å²) in [5, 5.41) is 15.0. The highest BCUT2D eigenvalue weighted by Gasteiger charge is 2.33. The minimum atomic E-state index is -1.07. The fourth-order valence-electron chi connectivity index (χ4n) is 5.43. The predicted octanol–water partition coefficient (Wildman–Crippen LogP) is 4.40. The number of carboxylic acids is 1. The number of hydrogen-bond acceptors (Lipinski definition) is 5. The molecular formula is C32H35N3O5. The zero-order chi connectivity index (χ0) is 28.1. The number of amides is 2. The largest absolute Gasteiger partial charge is 0.480 e. The van der Waals surface area contributed by atoms with E-state index in [4.69, 9.17) is 4.74 Å². The van der Waals surface area contributed by atoms with E-state index in [1.807, 2.05) is 78.7 Å². The van der Waals surface area contributed by atoms with Gasteiger partial charge >= 0.3 is 12.1 Å². The quantitative estimate of drug-likeness (QED) is 0.314. The van der Waals surface area contributed by atoms with Crippen molar-refractivity contribution in [2.45, 2.75) is 43.8 Å². The van der Waals surface area contributed by atoms with Crippen LogP contribution in [0.3, 0.4) is 0 Å². The van der Waals surface area contributed by atoms with Gasteiger partial charge < -0.3 is 20.5 Å². The van der Waals surface area contributed by atoms with Gasteiger partial charge in [-0.2, -0.15) is 0 Å². The van der Waals surface area contributed by atoms with Crippen molar-refractivity contribution in [2.24, 2.45) is 5.92 Å². The number of carboxylic acid groups (broad SMARTS) is 1. The van der Waals surface area contributed by atoms with Gasteiger partial charge in [0.1, 0.15) is 18.7 Å². The molecule has 2 aliphatic carbocycles. The molecule has 0 spiro atoms. The zero-order valence-electron chi connectivity index (χ0n) is 22.6. The zero-order valence-corrected chi connectivity index (χ0v) is 22.6. The topological polar surface area (TPSA) is 108 Å². The maximum absolute atomic E-state index is 13.3. The fourth-order valence-corrected chi connectivity index (χ4v) is 5.43. The maximum atomic E-state index is 13.3. The number of likely N-dealkylation sites (N-methyl/N-ethyl adjacent to an activating group) is 1. The second kappa shape index (κ2) is 12.3. The monoisotopic (exact) mass is 541 g/mol. The summed E-state index contributed by atoms with van der Waals surface area (Å²) < 4.78 is 5.68. The first-order valence-electron chi connectivity index (χ1n) is 13.8. The number of ether oxygens (including phenoxy) is 1. The van der Waals surface area contributed by atoms with Gasteiger partial charge in [-0.15, -0.1) is 0 Å². The summed E-state index contributed by atoms with van der Waals surface area (Å²) in [5.74, 6) is -1.41. The molecule has 0 radical (unpaired) electrons. The third-order valence-electron chi connectivity index (χ3n) is 7.62. The summed E-state index contributed by atoms with van der Waals surface area (Å²) in [5.41, 5.74) is 5.50. The van der Waals surface area contributed by atoms with Gasteiger partial charge in [-0.1, -0.05) is 91.7 Å². The molecule has 0 aromatic heterocycles. The molecule has 5 rings (SSSR count). The van der Waals surface area contributed by atoms with Gasteiger partial charge in [-0.25, -0.2) is 9.59 Å². The average molecular weight is 542 g/mol. The van der Waals surface area contributed by atoms with Crippen LogP contribution in [0.2, 0.25) is 0 Å². The molecule has 0 saturated heterocycles. The Bertz CT molecular complexity index is 1310. The van der Waals surface area contributed by atoms with Crippen molar-refractivity contribution in [3.05, 3.63) is 95.6 Å². The Hall–Kier alpha value is -4.17. The van der Waals surface area contributed by atoms with Crippen LogP contribution in [0.25, 0.3) is 11.1 Å². The van der Waals surface area contributed by atoms with Crippen LogP contribution >= 0.6 is 0 Å². The number of aliphatic carboxylic acids is 1. The van der Waals surface area contributed by atoms with Crippen LogP contribution in [-0.2, 0) is 20.9 Å². The molecule has 2 atom stereocenters. The maximum Gasteiger partial charge on any atom is 0.407 e. The van der Waals surface area contributed by atoms with Crippen LogP contribution in [0, 0.1) is 5.92 Å². The van der Waals surface area contributed by atoms with E-state index >= 15 is 0 Å². The molecule has 0 heterocycles. The van der Waals surface area contributed by atoms with Crippen molar-refractivity contribution < 1.29 is 24.2 Å². The van der Waals surface area contributed by atoms with Gasteiger partial charge in [-0.05, 0) is 47.2 Å². The highest BCUT2D eigenvalue weighted by Crippen LogP contribution is 2.44. The lowest BCUT2D eigenvalue weighted by atomic mass is 9.98. The summed E-state index contributed by atoms with van der Waals surface area (Å²) in [4.78, 5) is 40.1. The summed E-state index contributed by atoms with van der Waals surface area (Å²) in [6.45, 7) is 0.857. The van der Waals surface area contributed by atoms with Crippen LogP contribution < -0.4 is 10.6 Å². The van der Waals surface area contributed by atoms with Crippen molar-refractivity contribution in [3.8, 4) is 11.1 Å². The lowest BCUT2D eigenvalue weighted by molar-refractivity contribution is -0.142. The Morgan fingerprint density at radius 1 is 0.875 bits per heavy atom. The first-order chi connectivity index (χ1) is 19.4. The van der Waals surface area contributed by atoms with Crippen molar-refractivity contribution in [1.29, 1.82) is 0 Å². The smallest absolute Gasteiger partial charge is 0.407 e. The minimum Gasteiger partial charge on any atom is -0.480 e. The van der Waals surface area contributed by atoms with Crippen LogP contribution in [0.4, 0.5) is 4.79 Å². The molecule has 3 aromatic rings. The molecule has 2 amide bonds. The number of fused-ring (bicyclic) bond motifs is 3. The standard InChI is InChI=1S/C32H35N3O5/c1-35(18-22-9-3-2-4-10-22)19-29(30(36)33-28(31(37)38)17-21-15-16-21)34-32(39)40-20-27-25-13-7-5-11-23(25)24-12-6-8-14-26(24)27/h2-14,21,27-29H,15-20H2,1H3,(H,33,36)(H,34,39)(H,37,38)/t28-,29?/m0/s1. The van der Waals surface area contributed by atoms with Crippen molar-refractivity contribution in [1.82, 2.24) is 15.5 Å². The Labute approximate surface area is 234 Å². The Morgan fingerprint density at radius 2 is 1.48 bits per heavy atom. The minimum absolute atomic E-state index is 0.110. The normalized spacial score (nSPS) is 15.6. The number of carbonyl (C=O) groups is 3. The van der Waals surface area contributed by atoms with E-state index < -0.39 is 30.1 Å². The summed E-state index contributed by atoms with van der Waals surface area (Å²) in [6, 6.07) is 24.0. The van der Waals surface area contributed by atoms with E-state index in [2.05, 4.69) is 22.8 Å². The number of benzene rings is 3. The van der Waals surface area contributed by atoms with Crippen LogP contribution in [0.15, 0.2) is 78.9 Å². The van der Waals surface area contributed by atoms with Gasteiger partial charge in [-0.3, -0.25) is 9.69 Å². The Morgan fingerprint density at radius 3 is 2.08 bits per heavy atom. The molecule has 40 heavy (non-hydrogen) atoms. The van der Waals surface area contributed by atoms with E-state index in [1.165, 1.54) is 0 Å². The molecule has 3 N–H and O–H groups in total. The molecule has 8 heteroatoms. The van der Waals surface area contributed by atoms with Crippen molar-refractivity contribution >= 4 is 18.0 Å². The third-order valence-corrected chi connectivity index (χ3v) is 7.62. The highest BCUT2D eigenvalue weighted by molar-refractivity contribution is 5.89. The summed E-state index contributed by atoms with van der Waals surface area (Å²) >= 11 is 0. The van der Waals surface area contributed by atoms with Crippen LogP contribution in [0.5, 0.6) is 0 Å². The summed E-state index contributed by atoms with van der Waals surface area (Å²) in [7, 11) is 1.85. The lowest BCUT2D eigenvalue weighted by Crippen LogP contribution is -2.55. The highest BCUT2D eigenvalue weighted by atomic mass is 16.5. The molecule has 0 bridgehead atoms. The molecule has 1 unspecified atom stereocenters. The van der Waals surface area contributed by atoms with Crippen LogP contribution in [0.1, 0.15) is 41.9 Å². The number of nitrogens with zero attached hydrogens (tertiary/aromatic N) is 1. The van der Waals surface area contributed by atoms with E-state index in [0.717, 1.165) is 40.7 Å². The molecule has 0 aliphatic heterocycles. The molecule has 3 aromatic carbocycles. The summed E-state index contributed by atoms with van der Waals surface area (Å²) in [6.07, 6.45) is 1.62. The van der Waals surface area contributed by atoms with Crippen molar-refractivity contribution in [2.75, 3.05) is 20.2 Å². The average Bonchev–Trinajstić information content (AvgIpc) is 3.72. The van der Waals surface area contributed by atoms with E-state index in [-0.39, 0.29) is 19.1 Å². The molecule has 8 nitrogen and oxygen atoms in total. The SMILES string of the molecule is CN(Cc1ccccc1)CC(NC(=O)OCC1c2ccccc2-c2ccccc21)C(=O)N[C@@H](CC1CC1)C(=O)O. The Balaban J connectivity index is 1.26. The van der Waals surface area contributed by atoms with Crippen LogP contribution in [-0.4, -0.2) is 60.3 Å². The second-order valence-corrected chi connectivity index (χ2v) is 10.8. The number of hydrogen-bond donors (Lipinski definition) is 3. The number of carbonyl (C=O) groups excluding carboxylic acids is 2. The van der Waals surface area contributed by atoms with Gasteiger partial charge in [0.15, 0.2) is 0 Å². The molecule has 208 valence electrons. The van der Waals surface area contributed by atoms with E-state index in [9.17, 15) is 19.5 Å². The van der Waals surface area contributed by atoms with Gasteiger partial charge in [0.2, 0.25) is 5.91 Å². The molecule has 1 fully saturated rings.